The number of Topliss-reactive ketones (excluding diaryl/α,β-unsaturated/α-hetero) is 1. The van der Waals surface area contributed by atoms with Crippen LogP contribution in [0.3, 0.4) is 0 Å². The van der Waals surface area contributed by atoms with Gasteiger partial charge in [-0.25, -0.2) is 4.39 Å². The molecular formula is C22H19FN2O2. The SMILES string of the molecule is Cc1ccc(C(=O)C(C(=N)c2ccc(F)cc2)C(O)c2cccnc2)cc1. The van der Waals surface area contributed by atoms with Crippen molar-refractivity contribution in [3.63, 3.8) is 0 Å². The van der Waals surface area contributed by atoms with Crippen LogP contribution in [-0.2, 0) is 0 Å². The van der Waals surface area contributed by atoms with Crippen molar-refractivity contribution in [2.45, 2.75) is 13.0 Å². The van der Waals surface area contributed by atoms with Crippen molar-refractivity contribution < 1.29 is 14.3 Å². The number of aryl methyl sites for hydroxylation is 1. The van der Waals surface area contributed by atoms with E-state index in [1.165, 1.54) is 30.5 Å². The number of carbonyl (C=O) groups is 1. The zero-order valence-corrected chi connectivity index (χ0v) is 14.8. The van der Waals surface area contributed by atoms with Crippen LogP contribution >= 0.6 is 0 Å². The van der Waals surface area contributed by atoms with Gasteiger partial charge in [0.05, 0.1) is 17.7 Å². The minimum Gasteiger partial charge on any atom is -0.387 e. The summed E-state index contributed by atoms with van der Waals surface area (Å²) in [6.45, 7) is 1.91. The number of nitrogens with zero attached hydrogens (tertiary/aromatic N) is 1. The maximum Gasteiger partial charge on any atom is 0.174 e. The van der Waals surface area contributed by atoms with E-state index < -0.39 is 17.8 Å². The number of pyridine rings is 1. The molecule has 0 saturated heterocycles. The maximum atomic E-state index is 13.2. The lowest BCUT2D eigenvalue weighted by Crippen LogP contribution is -2.31. The van der Waals surface area contributed by atoms with E-state index in [9.17, 15) is 14.3 Å². The first-order chi connectivity index (χ1) is 13.0. The van der Waals surface area contributed by atoms with Crippen LogP contribution in [0, 0.1) is 24.1 Å². The standard InChI is InChI=1S/C22H19FN2O2/c1-14-4-6-16(7-5-14)21(26)19(22(27)17-3-2-12-25-13-17)20(24)15-8-10-18(23)11-9-15/h2-13,19,22,24,27H,1H3. The molecule has 0 bridgehead atoms. The third-order valence-corrected chi connectivity index (χ3v) is 4.43. The van der Waals surface area contributed by atoms with Crippen molar-refractivity contribution >= 4 is 11.5 Å². The van der Waals surface area contributed by atoms with Gasteiger partial charge in [0.15, 0.2) is 5.78 Å². The zero-order valence-electron chi connectivity index (χ0n) is 14.8. The van der Waals surface area contributed by atoms with Crippen molar-refractivity contribution in [3.05, 3.63) is 101 Å². The van der Waals surface area contributed by atoms with Gasteiger partial charge in [-0.2, -0.15) is 0 Å². The first kappa shape index (κ1) is 18.6. The highest BCUT2D eigenvalue weighted by atomic mass is 19.1. The van der Waals surface area contributed by atoms with Crippen molar-refractivity contribution in [2.75, 3.05) is 0 Å². The monoisotopic (exact) mass is 362 g/mol. The Morgan fingerprint density at radius 2 is 1.67 bits per heavy atom. The Morgan fingerprint density at radius 3 is 2.26 bits per heavy atom. The van der Waals surface area contributed by atoms with E-state index in [0.29, 0.717) is 16.7 Å². The molecule has 5 heteroatoms. The summed E-state index contributed by atoms with van der Waals surface area (Å²) in [5.41, 5.74) is 2.15. The summed E-state index contributed by atoms with van der Waals surface area (Å²) >= 11 is 0. The second-order valence-corrected chi connectivity index (χ2v) is 6.36. The third-order valence-electron chi connectivity index (χ3n) is 4.43. The molecular weight excluding hydrogens is 343 g/mol. The summed E-state index contributed by atoms with van der Waals surface area (Å²) in [5.74, 6) is -1.94. The molecule has 0 fully saturated rings. The van der Waals surface area contributed by atoms with Crippen LogP contribution < -0.4 is 0 Å². The molecule has 2 N–H and O–H groups in total. The fourth-order valence-corrected chi connectivity index (χ4v) is 2.88. The highest BCUT2D eigenvalue weighted by molar-refractivity contribution is 6.17. The number of rotatable bonds is 6. The number of nitrogens with one attached hydrogen (secondary N) is 1. The minimum absolute atomic E-state index is 0.0723. The van der Waals surface area contributed by atoms with Crippen LogP contribution in [0.5, 0.6) is 0 Å². The van der Waals surface area contributed by atoms with Gasteiger partial charge in [-0.3, -0.25) is 9.78 Å². The highest BCUT2D eigenvalue weighted by Gasteiger charge is 2.33. The van der Waals surface area contributed by atoms with E-state index >= 15 is 0 Å². The van der Waals surface area contributed by atoms with Crippen molar-refractivity contribution in [1.82, 2.24) is 4.98 Å². The normalized spacial score (nSPS) is 13.0. The lowest BCUT2D eigenvalue weighted by molar-refractivity contribution is 0.0793. The van der Waals surface area contributed by atoms with Crippen LogP contribution in [0.4, 0.5) is 4.39 Å². The number of aliphatic hydroxyl groups excluding tert-OH is 1. The Balaban J connectivity index is 2.02. The van der Waals surface area contributed by atoms with Gasteiger partial charge < -0.3 is 10.5 Å². The van der Waals surface area contributed by atoms with E-state index in [4.69, 9.17) is 5.41 Å². The smallest absolute Gasteiger partial charge is 0.174 e. The molecule has 136 valence electrons. The zero-order chi connectivity index (χ0) is 19.4. The third kappa shape index (κ3) is 4.15. The van der Waals surface area contributed by atoms with Crippen LogP contribution in [0.2, 0.25) is 0 Å². The Kier molecular flexibility index (Phi) is 5.52. The molecule has 27 heavy (non-hydrogen) atoms. The Morgan fingerprint density at radius 1 is 1.04 bits per heavy atom. The molecule has 2 unspecified atom stereocenters. The van der Waals surface area contributed by atoms with E-state index in [1.807, 2.05) is 19.1 Å². The van der Waals surface area contributed by atoms with Crippen molar-refractivity contribution in [1.29, 1.82) is 5.41 Å². The van der Waals surface area contributed by atoms with Gasteiger partial charge in [0.25, 0.3) is 0 Å². The molecule has 0 radical (unpaired) electrons. The Bertz CT molecular complexity index is 881. The van der Waals surface area contributed by atoms with Gasteiger partial charge in [0, 0.05) is 18.0 Å². The molecule has 3 aromatic rings. The van der Waals surface area contributed by atoms with E-state index in [-0.39, 0.29) is 11.5 Å². The van der Waals surface area contributed by atoms with Gasteiger partial charge in [0.2, 0.25) is 0 Å². The number of aliphatic hydroxyl groups is 1. The molecule has 0 saturated carbocycles. The van der Waals surface area contributed by atoms with Crippen LogP contribution in [0.25, 0.3) is 0 Å². The van der Waals surface area contributed by atoms with Crippen LogP contribution in [0.15, 0.2) is 73.1 Å². The van der Waals surface area contributed by atoms with Crippen molar-refractivity contribution in [2.24, 2.45) is 5.92 Å². The summed E-state index contributed by atoms with van der Waals surface area (Å²) in [6, 6.07) is 15.6. The molecule has 1 heterocycles. The molecule has 0 spiro atoms. The number of hydrogen-bond acceptors (Lipinski definition) is 4. The average Bonchev–Trinajstić information content (AvgIpc) is 2.69. The predicted octanol–water partition coefficient (Wildman–Crippen LogP) is 4.13. The topological polar surface area (TPSA) is 74.0 Å². The first-order valence-electron chi connectivity index (χ1n) is 8.50. The molecule has 3 rings (SSSR count). The second kappa shape index (κ2) is 8.01. The highest BCUT2D eigenvalue weighted by Crippen LogP contribution is 2.28. The lowest BCUT2D eigenvalue weighted by Gasteiger charge is -2.23. The van der Waals surface area contributed by atoms with E-state index in [0.717, 1.165) is 5.56 Å². The van der Waals surface area contributed by atoms with E-state index in [2.05, 4.69) is 4.98 Å². The van der Waals surface area contributed by atoms with Crippen LogP contribution in [0.1, 0.15) is 33.2 Å². The number of halogens is 1. The summed E-state index contributed by atoms with van der Waals surface area (Å²) in [6.07, 6.45) is 1.79. The lowest BCUT2D eigenvalue weighted by atomic mass is 9.83. The number of carbonyl (C=O) groups excluding carboxylic acids is 1. The second-order valence-electron chi connectivity index (χ2n) is 6.36. The molecule has 2 atom stereocenters. The molecule has 1 aromatic heterocycles. The van der Waals surface area contributed by atoms with Crippen LogP contribution in [-0.4, -0.2) is 21.6 Å². The number of hydrogen-bond donors (Lipinski definition) is 2. The van der Waals surface area contributed by atoms with E-state index in [1.54, 1.807) is 30.5 Å². The fraction of sp³-hybridized carbons (Fsp3) is 0.136. The fourth-order valence-electron chi connectivity index (χ4n) is 2.88. The Labute approximate surface area is 156 Å². The number of aromatic nitrogens is 1. The summed E-state index contributed by atoms with van der Waals surface area (Å²) in [4.78, 5) is 17.1. The number of benzene rings is 2. The Hall–Kier alpha value is -3.18. The quantitative estimate of drug-likeness (QED) is 0.511. The van der Waals surface area contributed by atoms with Crippen molar-refractivity contribution in [3.8, 4) is 0 Å². The predicted molar refractivity (Wildman–Crippen MR) is 101 cm³/mol. The summed E-state index contributed by atoms with van der Waals surface area (Å²) < 4.78 is 13.2. The summed E-state index contributed by atoms with van der Waals surface area (Å²) in [7, 11) is 0. The first-order valence-corrected chi connectivity index (χ1v) is 8.50. The molecule has 0 aliphatic heterocycles. The summed E-state index contributed by atoms with van der Waals surface area (Å²) in [5, 5.41) is 19.4. The van der Waals surface area contributed by atoms with Gasteiger partial charge in [-0.15, -0.1) is 0 Å². The molecule has 4 nitrogen and oxygen atoms in total. The molecule has 0 aliphatic rings. The molecule has 0 amide bonds. The number of ketones is 1. The maximum absolute atomic E-state index is 13.2. The molecule has 2 aromatic carbocycles. The average molecular weight is 362 g/mol. The van der Waals surface area contributed by atoms with Gasteiger partial charge in [-0.1, -0.05) is 48.0 Å². The van der Waals surface area contributed by atoms with Gasteiger partial charge in [0.1, 0.15) is 5.82 Å². The largest absolute Gasteiger partial charge is 0.387 e. The molecule has 0 aliphatic carbocycles. The van der Waals surface area contributed by atoms with Gasteiger partial charge >= 0.3 is 0 Å². The minimum atomic E-state index is -1.25. The van der Waals surface area contributed by atoms with Gasteiger partial charge in [-0.05, 0) is 36.2 Å².